The molecule has 2 aromatic rings. The Morgan fingerprint density at radius 2 is 2.05 bits per heavy atom. The smallest absolute Gasteiger partial charge is 0.252 e. The van der Waals surface area contributed by atoms with Gasteiger partial charge in [-0.25, -0.2) is 4.39 Å². The number of hydrogen-bond acceptors (Lipinski definition) is 2. The summed E-state index contributed by atoms with van der Waals surface area (Å²) in [5.74, 6) is -0.791. The Morgan fingerprint density at radius 1 is 1.27 bits per heavy atom. The number of ether oxygens (including phenoxy) is 1. The Balaban J connectivity index is 1.60. The van der Waals surface area contributed by atoms with Crippen molar-refractivity contribution in [3.63, 3.8) is 0 Å². The quantitative estimate of drug-likeness (QED) is 0.942. The number of carbonyl (C=O) groups is 1. The van der Waals surface area contributed by atoms with Gasteiger partial charge in [-0.1, -0.05) is 35.9 Å². The van der Waals surface area contributed by atoms with Crippen molar-refractivity contribution in [2.75, 3.05) is 6.54 Å². The van der Waals surface area contributed by atoms with Crippen LogP contribution >= 0.6 is 11.6 Å². The third kappa shape index (κ3) is 3.29. The molecule has 114 valence electrons. The molecular weight excluding hydrogens is 305 g/mol. The van der Waals surface area contributed by atoms with Crippen LogP contribution in [0.3, 0.4) is 0 Å². The highest BCUT2D eigenvalue weighted by Crippen LogP contribution is 2.20. The number of rotatable bonds is 3. The average molecular weight is 320 g/mol. The molecule has 1 atom stereocenters. The Kier molecular flexibility index (Phi) is 4.41. The number of fused-ring (bicyclic) bond motifs is 1. The molecule has 3 nitrogen and oxygen atoms in total. The highest BCUT2D eigenvalue weighted by Gasteiger charge is 2.20. The maximum Gasteiger partial charge on any atom is 0.252 e. The lowest BCUT2D eigenvalue weighted by Crippen LogP contribution is -2.36. The van der Waals surface area contributed by atoms with Gasteiger partial charge >= 0.3 is 0 Å². The first-order valence-corrected chi connectivity index (χ1v) is 7.43. The molecule has 2 aromatic carbocycles. The van der Waals surface area contributed by atoms with Crippen LogP contribution in [0.25, 0.3) is 0 Å². The average Bonchev–Trinajstić information content (AvgIpc) is 2.52. The highest BCUT2D eigenvalue weighted by molar-refractivity contribution is 6.33. The summed E-state index contributed by atoms with van der Waals surface area (Å²) in [5.41, 5.74) is 2.69. The standard InChI is InChI=1S/C17H15ClFNO2/c18-16-8-13(19)5-6-15(16)17(21)20-9-14-7-11-3-1-2-4-12(11)10-22-14/h1-6,8,14H,7,9-10H2,(H,20,21). The van der Waals surface area contributed by atoms with Gasteiger partial charge in [-0.05, 0) is 29.3 Å². The predicted molar refractivity (Wildman–Crippen MR) is 82.5 cm³/mol. The summed E-state index contributed by atoms with van der Waals surface area (Å²) in [6.45, 7) is 0.939. The van der Waals surface area contributed by atoms with E-state index in [1.807, 2.05) is 18.2 Å². The van der Waals surface area contributed by atoms with Crippen LogP contribution in [0.2, 0.25) is 5.02 Å². The van der Waals surface area contributed by atoms with Gasteiger partial charge < -0.3 is 10.1 Å². The Morgan fingerprint density at radius 3 is 2.82 bits per heavy atom. The molecule has 0 fully saturated rings. The van der Waals surface area contributed by atoms with Gasteiger partial charge in [0, 0.05) is 13.0 Å². The molecule has 1 N–H and O–H groups in total. The molecule has 1 amide bonds. The van der Waals surface area contributed by atoms with E-state index in [2.05, 4.69) is 11.4 Å². The van der Waals surface area contributed by atoms with E-state index in [9.17, 15) is 9.18 Å². The lowest BCUT2D eigenvalue weighted by molar-refractivity contribution is 0.0285. The Hall–Kier alpha value is -1.91. The van der Waals surface area contributed by atoms with E-state index in [1.165, 1.54) is 23.3 Å². The fraction of sp³-hybridized carbons (Fsp3) is 0.235. The summed E-state index contributed by atoms with van der Waals surface area (Å²) in [5, 5.41) is 2.89. The summed E-state index contributed by atoms with van der Waals surface area (Å²) in [6.07, 6.45) is 0.686. The molecule has 0 radical (unpaired) electrons. The summed E-state index contributed by atoms with van der Waals surface area (Å²) in [7, 11) is 0. The number of amides is 1. The van der Waals surface area contributed by atoms with Crippen molar-refractivity contribution in [2.45, 2.75) is 19.1 Å². The van der Waals surface area contributed by atoms with Gasteiger partial charge in [-0.15, -0.1) is 0 Å². The molecular formula is C17H15ClFNO2. The number of halogens is 2. The molecule has 3 rings (SSSR count). The maximum absolute atomic E-state index is 13.0. The number of benzene rings is 2. The van der Waals surface area contributed by atoms with Crippen LogP contribution in [0.5, 0.6) is 0 Å². The van der Waals surface area contributed by atoms with Crippen molar-refractivity contribution >= 4 is 17.5 Å². The Labute approximate surface area is 133 Å². The van der Waals surface area contributed by atoms with E-state index >= 15 is 0 Å². The zero-order valence-electron chi connectivity index (χ0n) is 11.8. The first kappa shape index (κ1) is 15.0. The van der Waals surface area contributed by atoms with Crippen molar-refractivity contribution in [3.05, 3.63) is 70.0 Å². The summed E-state index contributed by atoms with van der Waals surface area (Å²) in [4.78, 5) is 12.1. The van der Waals surface area contributed by atoms with Gasteiger partial charge in [-0.3, -0.25) is 4.79 Å². The third-order valence-corrected chi connectivity index (χ3v) is 4.02. The second-order valence-corrected chi connectivity index (χ2v) is 5.65. The molecule has 1 aliphatic rings. The molecule has 1 aliphatic heterocycles. The molecule has 22 heavy (non-hydrogen) atoms. The van der Waals surface area contributed by atoms with Gasteiger partial charge in [0.2, 0.25) is 0 Å². The lowest BCUT2D eigenvalue weighted by Gasteiger charge is -2.25. The van der Waals surface area contributed by atoms with Crippen LogP contribution in [-0.4, -0.2) is 18.6 Å². The highest BCUT2D eigenvalue weighted by atomic mass is 35.5. The van der Waals surface area contributed by atoms with E-state index in [0.717, 1.165) is 12.5 Å². The predicted octanol–water partition coefficient (Wildman–Crippen LogP) is 3.35. The van der Waals surface area contributed by atoms with Crippen LogP contribution in [0.1, 0.15) is 21.5 Å². The fourth-order valence-corrected chi connectivity index (χ4v) is 2.77. The summed E-state index contributed by atoms with van der Waals surface area (Å²) in [6, 6.07) is 11.8. The van der Waals surface area contributed by atoms with Gasteiger partial charge in [0.1, 0.15) is 5.82 Å². The van der Waals surface area contributed by atoms with Crippen molar-refractivity contribution in [3.8, 4) is 0 Å². The molecule has 1 unspecified atom stereocenters. The van der Waals surface area contributed by atoms with Crippen molar-refractivity contribution in [1.82, 2.24) is 5.32 Å². The first-order chi connectivity index (χ1) is 10.6. The van der Waals surface area contributed by atoms with Crippen molar-refractivity contribution in [2.24, 2.45) is 0 Å². The van der Waals surface area contributed by atoms with Crippen LogP contribution in [0.15, 0.2) is 42.5 Å². The van der Waals surface area contributed by atoms with E-state index < -0.39 is 5.82 Å². The zero-order chi connectivity index (χ0) is 15.5. The van der Waals surface area contributed by atoms with Gasteiger partial charge in [0.15, 0.2) is 0 Å². The topological polar surface area (TPSA) is 38.3 Å². The minimum Gasteiger partial charge on any atom is -0.371 e. The van der Waals surface area contributed by atoms with Crippen LogP contribution in [0.4, 0.5) is 4.39 Å². The van der Waals surface area contributed by atoms with E-state index in [1.54, 1.807) is 0 Å². The van der Waals surface area contributed by atoms with E-state index in [0.29, 0.717) is 13.2 Å². The molecule has 1 heterocycles. The zero-order valence-corrected chi connectivity index (χ0v) is 12.6. The summed E-state index contributed by atoms with van der Waals surface area (Å²) < 4.78 is 18.7. The largest absolute Gasteiger partial charge is 0.371 e. The van der Waals surface area contributed by atoms with Gasteiger partial charge in [-0.2, -0.15) is 0 Å². The number of nitrogens with one attached hydrogen (secondary N) is 1. The van der Waals surface area contributed by atoms with Crippen LogP contribution < -0.4 is 5.32 Å². The minimum atomic E-state index is -0.464. The van der Waals surface area contributed by atoms with E-state index in [4.69, 9.17) is 16.3 Å². The van der Waals surface area contributed by atoms with Crippen molar-refractivity contribution < 1.29 is 13.9 Å². The van der Waals surface area contributed by atoms with E-state index in [-0.39, 0.29) is 22.6 Å². The van der Waals surface area contributed by atoms with Crippen LogP contribution in [-0.2, 0) is 17.8 Å². The number of hydrogen-bond donors (Lipinski definition) is 1. The van der Waals surface area contributed by atoms with Gasteiger partial charge in [0.25, 0.3) is 5.91 Å². The molecule has 0 saturated heterocycles. The molecule has 5 heteroatoms. The number of carbonyl (C=O) groups excluding carboxylic acids is 1. The van der Waals surface area contributed by atoms with Gasteiger partial charge in [0.05, 0.1) is 23.3 Å². The molecule has 0 saturated carbocycles. The SMILES string of the molecule is O=C(NCC1Cc2ccccc2CO1)c1ccc(F)cc1Cl. The molecule has 0 aromatic heterocycles. The minimum absolute atomic E-state index is 0.0712. The molecule has 0 spiro atoms. The van der Waals surface area contributed by atoms with Crippen molar-refractivity contribution in [1.29, 1.82) is 0 Å². The third-order valence-electron chi connectivity index (χ3n) is 3.71. The first-order valence-electron chi connectivity index (χ1n) is 7.05. The maximum atomic E-state index is 13.0. The fourth-order valence-electron chi connectivity index (χ4n) is 2.52. The normalized spacial score (nSPS) is 16.9. The van der Waals surface area contributed by atoms with Crippen LogP contribution in [0, 0.1) is 5.82 Å². The molecule has 0 bridgehead atoms. The Bertz CT molecular complexity index is 705. The molecule has 0 aliphatic carbocycles. The summed E-state index contributed by atoms with van der Waals surface area (Å²) >= 11 is 5.88. The monoisotopic (exact) mass is 319 g/mol. The lowest BCUT2D eigenvalue weighted by atomic mass is 9.99. The second kappa shape index (κ2) is 6.46. The second-order valence-electron chi connectivity index (χ2n) is 5.24.